The number of rotatable bonds is 4. The van der Waals surface area contributed by atoms with E-state index in [1.54, 1.807) is 0 Å². The van der Waals surface area contributed by atoms with Gasteiger partial charge in [-0.3, -0.25) is 0 Å². The van der Waals surface area contributed by atoms with Crippen LogP contribution in [0.25, 0.3) is 0 Å². The molecule has 1 aliphatic heterocycles. The molecule has 2 heterocycles. The molecule has 2 fully saturated rings. The summed E-state index contributed by atoms with van der Waals surface area (Å²) in [5, 5.41) is 3.43. The number of hydrogen-bond donors (Lipinski definition) is 1. The van der Waals surface area contributed by atoms with Gasteiger partial charge in [-0.2, -0.15) is 0 Å². The minimum atomic E-state index is 0.564. The minimum absolute atomic E-state index is 0.564. The van der Waals surface area contributed by atoms with Crippen molar-refractivity contribution in [3.8, 4) is 0 Å². The fourth-order valence-corrected chi connectivity index (χ4v) is 3.30. The van der Waals surface area contributed by atoms with Crippen LogP contribution >= 0.6 is 0 Å². The Hall–Kier alpha value is -1.32. The molecule has 1 saturated carbocycles. The van der Waals surface area contributed by atoms with E-state index in [0.29, 0.717) is 12.0 Å². The number of anilines is 2. The summed E-state index contributed by atoms with van der Waals surface area (Å²) in [4.78, 5) is 12.2. The van der Waals surface area contributed by atoms with Crippen molar-refractivity contribution >= 4 is 11.6 Å². The molecule has 4 nitrogen and oxygen atoms in total. The van der Waals surface area contributed by atoms with Gasteiger partial charge in [0.25, 0.3) is 0 Å². The number of nitrogens with one attached hydrogen (secondary N) is 1. The SMILES string of the molecule is CCNc1nc(C2CC2)nc(N2CCCC(C)C2C)c1C. The van der Waals surface area contributed by atoms with Crippen LogP contribution < -0.4 is 10.2 Å². The van der Waals surface area contributed by atoms with Crippen molar-refractivity contribution in [2.45, 2.75) is 65.3 Å². The van der Waals surface area contributed by atoms with Crippen molar-refractivity contribution in [3.63, 3.8) is 0 Å². The first-order valence-corrected chi connectivity index (χ1v) is 8.50. The molecule has 21 heavy (non-hydrogen) atoms. The molecule has 0 amide bonds. The summed E-state index contributed by atoms with van der Waals surface area (Å²) in [6, 6.07) is 0.564. The Kier molecular flexibility index (Phi) is 4.05. The molecule has 1 aliphatic carbocycles. The zero-order chi connectivity index (χ0) is 15.0. The van der Waals surface area contributed by atoms with Crippen molar-refractivity contribution in [2.75, 3.05) is 23.3 Å². The Morgan fingerprint density at radius 3 is 2.62 bits per heavy atom. The molecule has 2 unspecified atom stereocenters. The predicted octanol–water partition coefficient (Wildman–Crippen LogP) is 3.72. The first-order chi connectivity index (χ1) is 10.1. The van der Waals surface area contributed by atoms with Gasteiger partial charge in [0.2, 0.25) is 0 Å². The van der Waals surface area contributed by atoms with Gasteiger partial charge in [-0.15, -0.1) is 0 Å². The van der Waals surface area contributed by atoms with Gasteiger partial charge < -0.3 is 10.2 Å². The average Bonchev–Trinajstić information content (AvgIpc) is 3.29. The minimum Gasteiger partial charge on any atom is -0.370 e. The Labute approximate surface area is 128 Å². The molecule has 0 bridgehead atoms. The van der Waals surface area contributed by atoms with E-state index in [2.05, 4.69) is 37.9 Å². The van der Waals surface area contributed by atoms with Gasteiger partial charge in [0.1, 0.15) is 17.5 Å². The van der Waals surface area contributed by atoms with Crippen LogP contribution in [-0.2, 0) is 0 Å². The van der Waals surface area contributed by atoms with E-state index in [9.17, 15) is 0 Å². The van der Waals surface area contributed by atoms with E-state index in [1.165, 1.54) is 37.1 Å². The lowest BCUT2D eigenvalue weighted by molar-refractivity contribution is 0.361. The molecule has 1 saturated heterocycles. The van der Waals surface area contributed by atoms with Crippen molar-refractivity contribution in [1.29, 1.82) is 0 Å². The highest BCUT2D eigenvalue weighted by molar-refractivity contribution is 5.59. The second kappa shape index (κ2) is 5.82. The highest BCUT2D eigenvalue weighted by Gasteiger charge is 2.31. The largest absolute Gasteiger partial charge is 0.370 e. The van der Waals surface area contributed by atoms with E-state index in [4.69, 9.17) is 9.97 Å². The Balaban J connectivity index is 1.99. The van der Waals surface area contributed by atoms with E-state index in [0.717, 1.165) is 30.6 Å². The average molecular weight is 288 g/mol. The van der Waals surface area contributed by atoms with Crippen LogP contribution in [0.1, 0.15) is 63.8 Å². The molecule has 2 atom stereocenters. The van der Waals surface area contributed by atoms with Crippen LogP contribution in [0.2, 0.25) is 0 Å². The fourth-order valence-electron chi connectivity index (χ4n) is 3.30. The molecular weight excluding hydrogens is 260 g/mol. The third kappa shape index (κ3) is 2.85. The summed E-state index contributed by atoms with van der Waals surface area (Å²) in [6.45, 7) is 11.0. The lowest BCUT2D eigenvalue weighted by atomic mass is 9.92. The zero-order valence-electron chi connectivity index (χ0n) is 13.8. The monoisotopic (exact) mass is 288 g/mol. The van der Waals surface area contributed by atoms with E-state index < -0.39 is 0 Å². The topological polar surface area (TPSA) is 41.1 Å². The maximum Gasteiger partial charge on any atom is 0.137 e. The third-order valence-corrected chi connectivity index (χ3v) is 5.07. The van der Waals surface area contributed by atoms with Crippen LogP contribution in [0, 0.1) is 12.8 Å². The van der Waals surface area contributed by atoms with Gasteiger partial charge in [-0.1, -0.05) is 6.92 Å². The molecule has 4 heteroatoms. The molecule has 0 spiro atoms. The summed E-state index contributed by atoms with van der Waals surface area (Å²) in [7, 11) is 0. The van der Waals surface area contributed by atoms with Crippen molar-refractivity contribution in [1.82, 2.24) is 9.97 Å². The van der Waals surface area contributed by atoms with Crippen molar-refractivity contribution in [3.05, 3.63) is 11.4 Å². The number of piperidine rings is 1. The van der Waals surface area contributed by atoms with Crippen molar-refractivity contribution in [2.24, 2.45) is 5.92 Å². The Morgan fingerprint density at radius 2 is 1.95 bits per heavy atom. The van der Waals surface area contributed by atoms with Crippen LogP contribution in [0.3, 0.4) is 0 Å². The highest BCUT2D eigenvalue weighted by atomic mass is 15.2. The first kappa shape index (κ1) is 14.6. The summed E-state index contributed by atoms with van der Waals surface area (Å²) in [5.74, 6) is 4.59. The summed E-state index contributed by atoms with van der Waals surface area (Å²) < 4.78 is 0. The normalized spacial score (nSPS) is 26.0. The summed E-state index contributed by atoms with van der Waals surface area (Å²) >= 11 is 0. The lowest BCUT2D eigenvalue weighted by Crippen LogP contribution is -2.43. The van der Waals surface area contributed by atoms with Crippen molar-refractivity contribution < 1.29 is 0 Å². The van der Waals surface area contributed by atoms with Crippen LogP contribution in [-0.4, -0.2) is 29.1 Å². The quantitative estimate of drug-likeness (QED) is 0.917. The first-order valence-electron chi connectivity index (χ1n) is 8.50. The molecule has 0 aromatic carbocycles. The maximum absolute atomic E-state index is 4.96. The molecule has 1 aromatic heterocycles. The zero-order valence-corrected chi connectivity index (χ0v) is 13.8. The highest BCUT2D eigenvalue weighted by Crippen LogP contribution is 2.41. The smallest absolute Gasteiger partial charge is 0.137 e. The molecule has 2 aliphatic rings. The molecule has 1 aromatic rings. The molecule has 0 radical (unpaired) electrons. The third-order valence-electron chi connectivity index (χ3n) is 5.07. The number of hydrogen-bond acceptors (Lipinski definition) is 4. The lowest BCUT2D eigenvalue weighted by Gasteiger charge is -2.39. The summed E-state index contributed by atoms with van der Waals surface area (Å²) in [5.41, 5.74) is 1.21. The van der Waals surface area contributed by atoms with E-state index in [1.807, 2.05) is 0 Å². The molecule has 116 valence electrons. The van der Waals surface area contributed by atoms with Crippen LogP contribution in [0.15, 0.2) is 0 Å². The predicted molar refractivity (Wildman–Crippen MR) is 88.1 cm³/mol. The molecular formula is C17H28N4. The van der Waals surface area contributed by atoms with Crippen LogP contribution in [0.5, 0.6) is 0 Å². The van der Waals surface area contributed by atoms with Gasteiger partial charge in [-0.05, 0) is 52.4 Å². The number of nitrogens with zero attached hydrogens (tertiary/aromatic N) is 3. The Morgan fingerprint density at radius 1 is 1.19 bits per heavy atom. The van der Waals surface area contributed by atoms with Gasteiger partial charge in [0.15, 0.2) is 0 Å². The van der Waals surface area contributed by atoms with Gasteiger partial charge in [-0.25, -0.2) is 9.97 Å². The second-order valence-corrected chi connectivity index (χ2v) is 6.74. The second-order valence-electron chi connectivity index (χ2n) is 6.74. The maximum atomic E-state index is 4.96. The Bertz CT molecular complexity index is 510. The van der Waals surface area contributed by atoms with Crippen LogP contribution in [0.4, 0.5) is 11.6 Å². The summed E-state index contributed by atoms with van der Waals surface area (Å²) in [6.07, 6.45) is 5.10. The van der Waals surface area contributed by atoms with Gasteiger partial charge in [0, 0.05) is 30.6 Å². The molecule has 3 rings (SSSR count). The number of aromatic nitrogens is 2. The molecule has 1 N–H and O–H groups in total. The van der Waals surface area contributed by atoms with E-state index >= 15 is 0 Å². The van der Waals surface area contributed by atoms with Gasteiger partial charge >= 0.3 is 0 Å². The standard InChI is InChI=1S/C17H28N4/c1-5-18-15-12(3)17(20-16(19-15)14-8-9-14)21-10-6-7-11(2)13(21)4/h11,13-14H,5-10H2,1-4H3,(H,18,19,20). The van der Waals surface area contributed by atoms with Gasteiger partial charge in [0.05, 0.1) is 0 Å². The fraction of sp³-hybridized carbons (Fsp3) is 0.765. The van der Waals surface area contributed by atoms with E-state index in [-0.39, 0.29) is 0 Å².